The van der Waals surface area contributed by atoms with Crippen LogP contribution in [0.2, 0.25) is 0 Å². The largest absolute Gasteiger partial charge is 0.479 e. The highest BCUT2D eigenvalue weighted by Gasteiger charge is 2.25. The number of amides is 2. The van der Waals surface area contributed by atoms with Gasteiger partial charge in [0.2, 0.25) is 5.91 Å². The molecule has 1 heterocycles. The fraction of sp³-hybridized carbons (Fsp3) is 0.375. The maximum atomic E-state index is 12.1. The van der Waals surface area contributed by atoms with Gasteiger partial charge in [0.25, 0.3) is 5.91 Å². The van der Waals surface area contributed by atoms with Crippen molar-refractivity contribution in [1.29, 1.82) is 0 Å². The Kier molecular flexibility index (Phi) is 6.02. The second-order valence-corrected chi connectivity index (χ2v) is 5.26. The van der Waals surface area contributed by atoms with E-state index in [2.05, 4.69) is 10.4 Å². The number of nitrogens with one attached hydrogen (secondary N) is 1. The molecule has 0 aliphatic carbocycles. The van der Waals surface area contributed by atoms with Gasteiger partial charge in [-0.1, -0.05) is 30.3 Å². The van der Waals surface area contributed by atoms with Crippen molar-refractivity contribution in [2.75, 3.05) is 13.7 Å². The Balaban J connectivity index is 2.01. The molecule has 8 heteroatoms. The van der Waals surface area contributed by atoms with Gasteiger partial charge in [-0.25, -0.2) is 9.80 Å². The number of hydrogen-bond acceptors (Lipinski definition) is 5. The van der Waals surface area contributed by atoms with Crippen LogP contribution in [0, 0.1) is 0 Å². The highest BCUT2D eigenvalue weighted by molar-refractivity contribution is 6.39. The van der Waals surface area contributed by atoms with E-state index in [0.29, 0.717) is 0 Å². The number of rotatable bonds is 7. The van der Waals surface area contributed by atoms with Gasteiger partial charge in [-0.15, -0.1) is 0 Å². The molecule has 128 valence electrons. The van der Waals surface area contributed by atoms with Crippen molar-refractivity contribution >= 4 is 23.5 Å². The number of aliphatic carboxylic acids is 1. The van der Waals surface area contributed by atoms with Crippen molar-refractivity contribution in [2.24, 2.45) is 5.10 Å². The molecular formula is C16H19N3O5. The Morgan fingerprint density at radius 3 is 2.67 bits per heavy atom. The first kappa shape index (κ1) is 17.6. The predicted octanol–water partition coefficient (Wildman–Crippen LogP) is 0.381. The first-order chi connectivity index (χ1) is 11.5. The van der Waals surface area contributed by atoms with E-state index in [1.165, 1.54) is 12.1 Å². The zero-order valence-electron chi connectivity index (χ0n) is 13.3. The summed E-state index contributed by atoms with van der Waals surface area (Å²) in [6, 6.07) is 9.33. The molecule has 1 aliphatic heterocycles. The van der Waals surface area contributed by atoms with Crippen molar-refractivity contribution in [3.05, 3.63) is 35.9 Å². The number of carboxylic acids is 1. The average Bonchev–Trinajstić information content (AvgIpc) is 2.58. The summed E-state index contributed by atoms with van der Waals surface area (Å²) in [5.41, 5.74) is 1.10. The molecule has 0 spiro atoms. The zero-order valence-corrected chi connectivity index (χ0v) is 13.3. The molecule has 0 bridgehead atoms. The molecule has 1 aliphatic rings. The summed E-state index contributed by atoms with van der Waals surface area (Å²) in [5.74, 6) is -1.82. The van der Waals surface area contributed by atoms with Crippen LogP contribution in [0.3, 0.4) is 0 Å². The SMILES string of the molecule is COC(CNC(=O)C1=NN(Cc2ccccc2)C(=O)CC1)C(=O)O. The third-order valence-corrected chi connectivity index (χ3v) is 3.55. The number of carboxylic acid groups (broad SMARTS) is 1. The first-order valence-electron chi connectivity index (χ1n) is 7.47. The summed E-state index contributed by atoms with van der Waals surface area (Å²) in [6.07, 6.45) is -0.716. The molecule has 0 fully saturated rings. The number of carbonyl (C=O) groups is 3. The van der Waals surface area contributed by atoms with Gasteiger partial charge in [-0.3, -0.25) is 9.59 Å². The number of hydrogen-bond donors (Lipinski definition) is 2. The van der Waals surface area contributed by atoms with Crippen LogP contribution in [-0.4, -0.2) is 53.4 Å². The Hall–Kier alpha value is -2.74. The topological polar surface area (TPSA) is 108 Å². The van der Waals surface area contributed by atoms with Crippen LogP contribution in [0.15, 0.2) is 35.4 Å². The maximum Gasteiger partial charge on any atom is 0.334 e. The molecule has 1 aromatic carbocycles. The van der Waals surface area contributed by atoms with Gasteiger partial charge >= 0.3 is 5.97 Å². The smallest absolute Gasteiger partial charge is 0.334 e. The lowest BCUT2D eigenvalue weighted by Gasteiger charge is -2.23. The number of benzene rings is 1. The summed E-state index contributed by atoms with van der Waals surface area (Å²) >= 11 is 0. The van der Waals surface area contributed by atoms with Crippen LogP contribution in [-0.2, 0) is 25.7 Å². The van der Waals surface area contributed by atoms with Crippen LogP contribution in [0.4, 0.5) is 0 Å². The third-order valence-electron chi connectivity index (χ3n) is 3.55. The molecule has 0 saturated carbocycles. The van der Waals surface area contributed by atoms with Crippen molar-refractivity contribution < 1.29 is 24.2 Å². The minimum Gasteiger partial charge on any atom is -0.479 e. The van der Waals surface area contributed by atoms with Crippen molar-refractivity contribution in [3.8, 4) is 0 Å². The molecule has 1 unspecified atom stereocenters. The third kappa shape index (κ3) is 4.63. The lowest BCUT2D eigenvalue weighted by molar-refractivity contribution is -0.148. The monoisotopic (exact) mass is 333 g/mol. The number of hydrazone groups is 1. The molecule has 2 amide bonds. The highest BCUT2D eigenvalue weighted by Crippen LogP contribution is 2.13. The molecule has 0 radical (unpaired) electrons. The number of ether oxygens (including phenoxy) is 1. The molecule has 1 aromatic rings. The van der Waals surface area contributed by atoms with E-state index >= 15 is 0 Å². The minimum atomic E-state index is -1.16. The second-order valence-electron chi connectivity index (χ2n) is 5.26. The molecule has 1 atom stereocenters. The fourth-order valence-electron chi connectivity index (χ4n) is 2.20. The second kappa shape index (κ2) is 8.21. The van der Waals surface area contributed by atoms with Gasteiger partial charge in [-0.2, -0.15) is 5.10 Å². The van der Waals surface area contributed by atoms with Crippen LogP contribution >= 0.6 is 0 Å². The molecular weight excluding hydrogens is 314 g/mol. The summed E-state index contributed by atoms with van der Waals surface area (Å²) in [7, 11) is 1.25. The van der Waals surface area contributed by atoms with Crippen molar-refractivity contribution in [2.45, 2.75) is 25.5 Å². The van der Waals surface area contributed by atoms with E-state index in [-0.39, 0.29) is 37.6 Å². The summed E-state index contributed by atoms with van der Waals surface area (Å²) in [5, 5.41) is 16.7. The molecule has 8 nitrogen and oxygen atoms in total. The summed E-state index contributed by atoms with van der Waals surface area (Å²) in [6.45, 7) is 0.114. The average molecular weight is 333 g/mol. The van der Waals surface area contributed by atoms with Crippen LogP contribution < -0.4 is 5.32 Å². The van der Waals surface area contributed by atoms with E-state index in [1.54, 1.807) is 0 Å². The Labute approximate surface area is 139 Å². The number of methoxy groups -OCH3 is 1. The van der Waals surface area contributed by atoms with Crippen molar-refractivity contribution in [1.82, 2.24) is 10.3 Å². The lowest BCUT2D eigenvalue weighted by Crippen LogP contribution is -2.43. The van der Waals surface area contributed by atoms with E-state index < -0.39 is 18.0 Å². The molecule has 0 aromatic heterocycles. The van der Waals surface area contributed by atoms with E-state index in [1.807, 2.05) is 30.3 Å². The maximum absolute atomic E-state index is 12.1. The Morgan fingerprint density at radius 2 is 2.04 bits per heavy atom. The Morgan fingerprint density at radius 1 is 1.33 bits per heavy atom. The number of nitrogens with zero attached hydrogens (tertiary/aromatic N) is 2. The van der Waals surface area contributed by atoms with Crippen LogP contribution in [0.5, 0.6) is 0 Å². The predicted molar refractivity (Wildman–Crippen MR) is 85.1 cm³/mol. The lowest BCUT2D eigenvalue weighted by atomic mass is 10.1. The normalized spacial score (nSPS) is 15.6. The van der Waals surface area contributed by atoms with Gasteiger partial charge in [0.05, 0.1) is 13.1 Å². The highest BCUT2D eigenvalue weighted by atomic mass is 16.5. The molecule has 0 saturated heterocycles. The fourth-order valence-corrected chi connectivity index (χ4v) is 2.20. The van der Waals surface area contributed by atoms with Crippen LogP contribution in [0.1, 0.15) is 18.4 Å². The van der Waals surface area contributed by atoms with Crippen LogP contribution in [0.25, 0.3) is 0 Å². The van der Waals surface area contributed by atoms with E-state index in [0.717, 1.165) is 5.56 Å². The van der Waals surface area contributed by atoms with Gasteiger partial charge < -0.3 is 15.2 Å². The van der Waals surface area contributed by atoms with Crippen molar-refractivity contribution in [3.63, 3.8) is 0 Å². The standard InChI is InChI=1S/C16H19N3O5/c1-24-13(16(22)23)9-17-15(21)12-7-8-14(20)19(18-12)10-11-5-3-2-4-6-11/h2-6,13H,7-10H2,1H3,(H,17,21)(H,22,23). The summed E-state index contributed by atoms with van der Waals surface area (Å²) < 4.78 is 4.75. The van der Waals surface area contributed by atoms with Gasteiger partial charge in [-0.05, 0) is 5.56 Å². The van der Waals surface area contributed by atoms with Gasteiger partial charge in [0.15, 0.2) is 6.10 Å². The Bertz CT molecular complexity index is 644. The first-order valence-corrected chi connectivity index (χ1v) is 7.47. The zero-order chi connectivity index (χ0) is 17.5. The van der Waals surface area contributed by atoms with E-state index in [4.69, 9.17) is 9.84 Å². The number of carbonyl (C=O) groups excluding carboxylic acids is 2. The minimum absolute atomic E-state index is 0.157. The van der Waals surface area contributed by atoms with E-state index in [9.17, 15) is 14.4 Å². The molecule has 2 rings (SSSR count). The van der Waals surface area contributed by atoms with Gasteiger partial charge in [0.1, 0.15) is 5.71 Å². The molecule has 24 heavy (non-hydrogen) atoms. The molecule has 2 N–H and O–H groups in total. The van der Waals surface area contributed by atoms with Gasteiger partial charge in [0, 0.05) is 20.0 Å². The summed E-state index contributed by atoms with van der Waals surface area (Å²) in [4.78, 5) is 34.9. The quantitative estimate of drug-likeness (QED) is 0.750.